The molecule has 0 aliphatic heterocycles. The van der Waals surface area contributed by atoms with Crippen LogP contribution in [0.2, 0.25) is 0 Å². The smallest absolute Gasteiger partial charge is 0.0519 e. The zero-order valence-electron chi connectivity index (χ0n) is 9.52. The van der Waals surface area contributed by atoms with Gasteiger partial charge in [0.1, 0.15) is 0 Å². The highest BCUT2D eigenvalue weighted by atomic mass is 16.3. The molecule has 13 heavy (non-hydrogen) atoms. The van der Waals surface area contributed by atoms with Gasteiger partial charge in [0, 0.05) is 5.41 Å². The van der Waals surface area contributed by atoms with Crippen LogP contribution in [-0.4, -0.2) is 11.7 Å². The molecular weight excluding hydrogens is 160 g/mol. The molecule has 0 amide bonds. The Morgan fingerprint density at radius 2 is 1.92 bits per heavy atom. The van der Waals surface area contributed by atoms with Crippen LogP contribution in [0.1, 0.15) is 41.0 Å². The highest BCUT2D eigenvalue weighted by molar-refractivity contribution is 5.25. The quantitative estimate of drug-likeness (QED) is 0.661. The van der Waals surface area contributed by atoms with E-state index in [0.717, 1.165) is 6.42 Å². The summed E-state index contributed by atoms with van der Waals surface area (Å²) in [6.45, 7) is 10.6. The lowest BCUT2D eigenvalue weighted by Crippen LogP contribution is -2.19. The van der Waals surface area contributed by atoms with E-state index in [9.17, 15) is 5.11 Å². The second-order valence-electron chi connectivity index (χ2n) is 4.10. The normalized spacial score (nSPS) is 14.9. The van der Waals surface area contributed by atoms with Gasteiger partial charge in [0.25, 0.3) is 0 Å². The molecule has 1 nitrogen and oxygen atoms in total. The van der Waals surface area contributed by atoms with Gasteiger partial charge in [0.05, 0.1) is 6.61 Å². The molecule has 0 rings (SSSR count). The van der Waals surface area contributed by atoms with E-state index >= 15 is 0 Å². The third kappa shape index (κ3) is 3.77. The molecule has 0 fully saturated rings. The fourth-order valence-electron chi connectivity index (χ4n) is 1.24. The van der Waals surface area contributed by atoms with Crippen molar-refractivity contribution in [1.29, 1.82) is 0 Å². The summed E-state index contributed by atoms with van der Waals surface area (Å²) in [5.41, 5.74) is 2.49. The summed E-state index contributed by atoms with van der Waals surface area (Å²) in [6, 6.07) is 0. The van der Waals surface area contributed by atoms with Gasteiger partial charge in [0.2, 0.25) is 0 Å². The van der Waals surface area contributed by atoms with Crippen molar-refractivity contribution in [3.8, 4) is 0 Å². The zero-order valence-corrected chi connectivity index (χ0v) is 9.52. The lowest BCUT2D eigenvalue weighted by Gasteiger charge is -2.25. The van der Waals surface area contributed by atoms with Gasteiger partial charge in [0.15, 0.2) is 0 Å². The van der Waals surface area contributed by atoms with Gasteiger partial charge in [-0.1, -0.05) is 44.1 Å². The van der Waals surface area contributed by atoms with Crippen LogP contribution in [0.3, 0.4) is 0 Å². The summed E-state index contributed by atoms with van der Waals surface area (Å²) in [5.74, 6) is 0. The first-order valence-electron chi connectivity index (χ1n) is 4.92. The second kappa shape index (κ2) is 5.23. The van der Waals surface area contributed by atoms with E-state index in [4.69, 9.17) is 0 Å². The lowest BCUT2D eigenvalue weighted by atomic mass is 9.82. The Kier molecular flexibility index (Phi) is 5.01. The van der Waals surface area contributed by atoms with Crippen LogP contribution < -0.4 is 0 Å². The first-order valence-corrected chi connectivity index (χ1v) is 4.92. The van der Waals surface area contributed by atoms with Gasteiger partial charge in [-0.25, -0.2) is 0 Å². The average Bonchev–Trinajstić information content (AvgIpc) is 2.13. The largest absolute Gasteiger partial charge is 0.395 e. The summed E-state index contributed by atoms with van der Waals surface area (Å²) in [5, 5.41) is 9.22. The van der Waals surface area contributed by atoms with Crippen LogP contribution in [0.15, 0.2) is 23.3 Å². The standard InChI is InChI=1S/C12H22O/c1-6-10(3)8-11(7-2)12(4,5)9-13/h6,8,13H,7,9H2,1-5H3/b10-6-,11-8+. The van der Waals surface area contributed by atoms with Crippen molar-refractivity contribution in [2.24, 2.45) is 5.41 Å². The van der Waals surface area contributed by atoms with Crippen molar-refractivity contribution < 1.29 is 5.11 Å². The van der Waals surface area contributed by atoms with Gasteiger partial charge in [-0.15, -0.1) is 0 Å². The van der Waals surface area contributed by atoms with Gasteiger partial charge >= 0.3 is 0 Å². The van der Waals surface area contributed by atoms with Crippen LogP contribution in [0.4, 0.5) is 0 Å². The first-order chi connectivity index (χ1) is 5.97. The summed E-state index contributed by atoms with van der Waals surface area (Å²) >= 11 is 0. The maximum atomic E-state index is 9.22. The van der Waals surface area contributed by atoms with Crippen LogP contribution in [0.25, 0.3) is 0 Å². The molecule has 1 N–H and O–H groups in total. The van der Waals surface area contributed by atoms with Crippen molar-refractivity contribution in [3.63, 3.8) is 0 Å². The number of rotatable bonds is 4. The maximum absolute atomic E-state index is 9.22. The Morgan fingerprint density at radius 1 is 1.38 bits per heavy atom. The summed E-state index contributed by atoms with van der Waals surface area (Å²) in [4.78, 5) is 0. The van der Waals surface area contributed by atoms with E-state index in [2.05, 4.69) is 39.8 Å². The predicted molar refractivity (Wildman–Crippen MR) is 58.7 cm³/mol. The van der Waals surface area contributed by atoms with Gasteiger partial charge in [-0.3, -0.25) is 0 Å². The van der Waals surface area contributed by atoms with Crippen molar-refractivity contribution in [2.75, 3.05) is 6.61 Å². The molecule has 0 aliphatic carbocycles. The van der Waals surface area contributed by atoms with E-state index in [1.165, 1.54) is 11.1 Å². The van der Waals surface area contributed by atoms with Crippen molar-refractivity contribution >= 4 is 0 Å². The molecule has 0 radical (unpaired) electrons. The molecule has 76 valence electrons. The fourth-order valence-corrected chi connectivity index (χ4v) is 1.24. The fraction of sp³-hybridized carbons (Fsp3) is 0.667. The highest BCUT2D eigenvalue weighted by Crippen LogP contribution is 2.28. The van der Waals surface area contributed by atoms with Crippen LogP contribution in [-0.2, 0) is 0 Å². The van der Waals surface area contributed by atoms with E-state index in [1.807, 2.05) is 6.92 Å². The molecule has 0 saturated carbocycles. The van der Waals surface area contributed by atoms with Gasteiger partial charge in [-0.05, 0) is 20.3 Å². The Bertz CT molecular complexity index is 209. The number of aliphatic hydroxyl groups is 1. The summed E-state index contributed by atoms with van der Waals surface area (Å²) in [6.07, 6.45) is 5.26. The van der Waals surface area contributed by atoms with Gasteiger partial charge in [-0.2, -0.15) is 0 Å². The molecule has 0 aromatic rings. The van der Waals surface area contributed by atoms with E-state index in [0.29, 0.717) is 0 Å². The minimum absolute atomic E-state index is 0.0843. The molecule has 0 spiro atoms. The molecule has 0 unspecified atom stereocenters. The Balaban J connectivity index is 4.79. The summed E-state index contributed by atoms with van der Waals surface area (Å²) in [7, 11) is 0. The molecule has 0 saturated heterocycles. The number of hydrogen-bond acceptors (Lipinski definition) is 1. The molecular formula is C12H22O. The van der Waals surface area contributed by atoms with Crippen molar-refractivity contribution in [3.05, 3.63) is 23.3 Å². The van der Waals surface area contributed by atoms with Crippen LogP contribution in [0.5, 0.6) is 0 Å². The van der Waals surface area contributed by atoms with E-state index in [-0.39, 0.29) is 12.0 Å². The third-order valence-corrected chi connectivity index (χ3v) is 2.50. The Labute approximate surface area is 82.2 Å². The van der Waals surface area contributed by atoms with Crippen LogP contribution in [0, 0.1) is 5.41 Å². The van der Waals surface area contributed by atoms with E-state index in [1.54, 1.807) is 0 Å². The number of hydrogen-bond donors (Lipinski definition) is 1. The minimum atomic E-state index is -0.0843. The molecule has 1 heteroatoms. The number of allylic oxidation sites excluding steroid dienone is 3. The van der Waals surface area contributed by atoms with Crippen molar-refractivity contribution in [1.82, 2.24) is 0 Å². The molecule has 0 heterocycles. The highest BCUT2D eigenvalue weighted by Gasteiger charge is 2.20. The lowest BCUT2D eigenvalue weighted by molar-refractivity contribution is 0.187. The first kappa shape index (κ1) is 12.4. The Hall–Kier alpha value is -0.560. The Morgan fingerprint density at radius 3 is 2.23 bits per heavy atom. The zero-order chi connectivity index (χ0) is 10.5. The van der Waals surface area contributed by atoms with Crippen molar-refractivity contribution in [2.45, 2.75) is 41.0 Å². The number of aliphatic hydroxyl groups excluding tert-OH is 1. The second-order valence-corrected chi connectivity index (χ2v) is 4.10. The SMILES string of the molecule is C/C=C(C)\C=C(/CC)C(C)(C)CO. The van der Waals surface area contributed by atoms with Crippen LogP contribution >= 0.6 is 0 Å². The molecule has 0 bridgehead atoms. The molecule has 0 atom stereocenters. The molecule has 0 aromatic carbocycles. The molecule has 0 aromatic heterocycles. The topological polar surface area (TPSA) is 20.2 Å². The average molecular weight is 182 g/mol. The maximum Gasteiger partial charge on any atom is 0.0519 e. The minimum Gasteiger partial charge on any atom is -0.395 e. The molecule has 0 aliphatic rings. The third-order valence-electron chi connectivity index (χ3n) is 2.50. The van der Waals surface area contributed by atoms with Gasteiger partial charge < -0.3 is 5.11 Å². The van der Waals surface area contributed by atoms with E-state index < -0.39 is 0 Å². The monoisotopic (exact) mass is 182 g/mol. The predicted octanol–water partition coefficient (Wildman–Crippen LogP) is 3.31. The summed E-state index contributed by atoms with van der Waals surface area (Å²) < 4.78 is 0.